The molecule has 1 N–H and O–H groups in total. The standard InChI is InChI=1S/C16H15Cl2NO/c17-13-5-1-3-11(7-13)16(19-9-15(20)10-19)12-4-2-6-14(18)8-12/h1-8,15-16,20H,9-10H2. The molecule has 1 saturated heterocycles. The van der Waals surface area contributed by atoms with E-state index in [9.17, 15) is 5.11 Å². The fourth-order valence-corrected chi connectivity index (χ4v) is 3.06. The molecule has 104 valence electrons. The summed E-state index contributed by atoms with van der Waals surface area (Å²) >= 11 is 12.2. The Kier molecular flexibility index (Phi) is 3.99. The zero-order valence-electron chi connectivity index (χ0n) is 10.8. The van der Waals surface area contributed by atoms with Crippen molar-refractivity contribution in [3.8, 4) is 0 Å². The molecule has 1 fully saturated rings. The first kappa shape index (κ1) is 13.9. The molecule has 0 unspecified atom stereocenters. The van der Waals surface area contributed by atoms with Gasteiger partial charge in [0.2, 0.25) is 0 Å². The monoisotopic (exact) mass is 307 g/mol. The van der Waals surface area contributed by atoms with Crippen LogP contribution in [0.4, 0.5) is 0 Å². The number of halogens is 2. The van der Waals surface area contributed by atoms with Crippen molar-refractivity contribution in [2.24, 2.45) is 0 Å². The molecule has 1 aliphatic rings. The second-order valence-electron chi connectivity index (χ2n) is 5.12. The summed E-state index contributed by atoms with van der Waals surface area (Å²) in [5.41, 5.74) is 2.23. The van der Waals surface area contributed by atoms with Gasteiger partial charge in [-0.05, 0) is 35.4 Å². The number of hydrogen-bond donors (Lipinski definition) is 1. The van der Waals surface area contributed by atoms with E-state index >= 15 is 0 Å². The largest absolute Gasteiger partial charge is 0.390 e. The third kappa shape index (κ3) is 2.84. The van der Waals surface area contributed by atoms with Crippen molar-refractivity contribution in [3.63, 3.8) is 0 Å². The van der Waals surface area contributed by atoms with Crippen LogP contribution < -0.4 is 0 Å². The number of likely N-dealkylation sites (tertiary alicyclic amines) is 1. The normalized spacial score (nSPS) is 16.4. The number of β-amino-alcohol motifs (C(OH)–C–C–N with tert-alkyl or cyclic N) is 1. The molecule has 0 atom stereocenters. The van der Waals surface area contributed by atoms with E-state index < -0.39 is 0 Å². The zero-order chi connectivity index (χ0) is 14.1. The van der Waals surface area contributed by atoms with Gasteiger partial charge in [-0.15, -0.1) is 0 Å². The van der Waals surface area contributed by atoms with Crippen LogP contribution in [0.2, 0.25) is 10.0 Å². The fraction of sp³-hybridized carbons (Fsp3) is 0.250. The fourth-order valence-electron chi connectivity index (χ4n) is 2.67. The lowest BCUT2D eigenvalue weighted by Gasteiger charge is -2.42. The number of hydrogen-bond acceptors (Lipinski definition) is 2. The van der Waals surface area contributed by atoms with Gasteiger partial charge in [-0.3, -0.25) is 4.90 Å². The lowest BCUT2D eigenvalue weighted by atomic mass is 9.94. The first-order valence-corrected chi connectivity index (χ1v) is 7.32. The highest BCUT2D eigenvalue weighted by atomic mass is 35.5. The van der Waals surface area contributed by atoms with E-state index in [1.165, 1.54) is 0 Å². The van der Waals surface area contributed by atoms with Gasteiger partial charge < -0.3 is 5.11 Å². The average Bonchev–Trinajstić information content (AvgIpc) is 2.37. The Morgan fingerprint density at radius 3 is 1.85 bits per heavy atom. The van der Waals surface area contributed by atoms with Crippen molar-refractivity contribution in [1.29, 1.82) is 0 Å². The summed E-state index contributed by atoms with van der Waals surface area (Å²) in [4.78, 5) is 2.22. The van der Waals surface area contributed by atoms with Crippen LogP contribution in [0.5, 0.6) is 0 Å². The maximum Gasteiger partial charge on any atom is 0.0794 e. The van der Waals surface area contributed by atoms with Crippen molar-refractivity contribution in [3.05, 3.63) is 69.7 Å². The first-order chi connectivity index (χ1) is 9.63. The van der Waals surface area contributed by atoms with Gasteiger partial charge >= 0.3 is 0 Å². The Balaban J connectivity index is 2.00. The molecule has 3 rings (SSSR count). The van der Waals surface area contributed by atoms with Crippen molar-refractivity contribution in [1.82, 2.24) is 4.90 Å². The molecule has 0 aliphatic carbocycles. The van der Waals surface area contributed by atoms with Crippen LogP contribution in [0.1, 0.15) is 17.2 Å². The number of nitrogens with zero attached hydrogens (tertiary/aromatic N) is 1. The van der Waals surface area contributed by atoms with E-state index in [4.69, 9.17) is 23.2 Å². The summed E-state index contributed by atoms with van der Waals surface area (Å²) in [7, 11) is 0. The van der Waals surface area contributed by atoms with Crippen molar-refractivity contribution >= 4 is 23.2 Å². The minimum atomic E-state index is -0.240. The molecule has 1 heterocycles. The Hall–Kier alpha value is -1.06. The summed E-state index contributed by atoms with van der Waals surface area (Å²) in [6.07, 6.45) is -0.240. The van der Waals surface area contributed by atoms with Gasteiger partial charge in [-0.1, -0.05) is 47.5 Å². The van der Waals surface area contributed by atoms with Gasteiger partial charge in [0, 0.05) is 23.1 Å². The maximum absolute atomic E-state index is 9.58. The molecule has 0 amide bonds. The summed E-state index contributed by atoms with van der Waals surface area (Å²) in [5.74, 6) is 0. The van der Waals surface area contributed by atoms with Gasteiger partial charge in [0.05, 0.1) is 12.1 Å². The lowest BCUT2D eigenvalue weighted by Crippen LogP contribution is -2.52. The molecule has 2 nitrogen and oxygen atoms in total. The zero-order valence-corrected chi connectivity index (χ0v) is 12.3. The molecule has 0 radical (unpaired) electrons. The van der Waals surface area contributed by atoms with Crippen molar-refractivity contribution in [2.45, 2.75) is 12.1 Å². The maximum atomic E-state index is 9.58. The highest BCUT2D eigenvalue weighted by Gasteiger charge is 2.32. The summed E-state index contributed by atoms with van der Waals surface area (Å²) < 4.78 is 0. The van der Waals surface area contributed by atoms with Crippen LogP contribution in [0.25, 0.3) is 0 Å². The number of benzene rings is 2. The van der Waals surface area contributed by atoms with Crippen molar-refractivity contribution < 1.29 is 5.11 Å². The number of aliphatic hydroxyl groups excluding tert-OH is 1. The average molecular weight is 308 g/mol. The third-order valence-electron chi connectivity index (χ3n) is 3.58. The quantitative estimate of drug-likeness (QED) is 0.933. The molecule has 0 aromatic heterocycles. The molecule has 2 aromatic rings. The van der Waals surface area contributed by atoms with Gasteiger partial charge in [-0.2, -0.15) is 0 Å². The second-order valence-corrected chi connectivity index (χ2v) is 5.99. The Bertz CT molecular complexity index is 565. The van der Waals surface area contributed by atoms with Crippen LogP contribution in [-0.2, 0) is 0 Å². The van der Waals surface area contributed by atoms with Crippen molar-refractivity contribution in [2.75, 3.05) is 13.1 Å². The van der Waals surface area contributed by atoms with Crippen LogP contribution in [-0.4, -0.2) is 29.2 Å². The molecular formula is C16H15Cl2NO. The Morgan fingerprint density at radius 1 is 0.950 bits per heavy atom. The van der Waals surface area contributed by atoms with Gasteiger partial charge in [0.15, 0.2) is 0 Å². The number of aliphatic hydroxyl groups is 1. The highest BCUT2D eigenvalue weighted by Crippen LogP contribution is 2.34. The van der Waals surface area contributed by atoms with E-state index in [2.05, 4.69) is 17.0 Å². The van der Waals surface area contributed by atoms with Gasteiger partial charge in [-0.25, -0.2) is 0 Å². The molecule has 0 spiro atoms. The van der Waals surface area contributed by atoms with E-state index in [-0.39, 0.29) is 12.1 Å². The highest BCUT2D eigenvalue weighted by molar-refractivity contribution is 6.31. The SMILES string of the molecule is OC1CN(C(c2cccc(Cl)c2)c2cccc(Cl)c2)C1. The van der Waals surface area contributed by atoms with Crippen LogP contribution in [0.15, 0.2) is 48.5 Å². The third-order valence-corrected chi connectivity index (χ3v) is 4.05. The van der Waals surface area contributed by atoms with E-state index in [0.29, 0.717) is 13.1 Å². The predicted octanol–water partition coefficient (Wildman–Crippen LogP) is 3.76. The molecule has 0 saturated carbocycles. The van der Waals surface area contributed by atoms with Gasteiger partial charge in [0.1, 0.15) is 0 Å². The Labute approximate surface area is 128 Å². The topological polar surface area (TPSA) is 23.5 Å². The first-order valence-electron chi connectivity index (χ1n) is 6.56. The lowest BCUT2D eigenvalue weighted by molar-refractivity contribution is -0.0160. The molecule has 20 heavy (non-hydrogen) atoms. The van der Waals surface area contributed by atoms with Crippen LogP contribution in [0, 0.1) is 0 Å². The minimum absolute atomic E-state index is 0.0794. The number of rotatable bonds is 3. The van der Waals surface area contributed by atoms with E-state index in [1.54, 1.807) is 0 Å². The second kappa shape index (κ2) is 5.74. The molecule has 0 bridgehead atoms. The van der Waals surface area contributed by atoms with Gasteiger partial charge in [0.25, 0.3) is 0 Å². The summed E-state index contributed by atoms with van der Waals surface area (Å²) in [6, 6.07) is 15.8. The molecule has 4 heteroatoms. The minimum Gasteiger partial charge on any atom is -0.390 e. The summed E-state index contributed by atoms with van der Waals surface area (Å²) in [5, 5.41) is 11.0. The van der Waals surface area contributed by atoms with Crippen LogP contribution in [0.3, 0.4) is 0 Å². The predicted molar refractivity (Wildman–Crippen MR) is 82.3 cm³/mol. The smallest absolute Gasteiger partial charge is 0.0794 e. The van der Waals surface area contributed by atoms with E-state index in [0.717, 1.165) is 21.2 Å². The Morgan fingerprint density at radius 2 is 1.45 bits per heavy atom. The molecule has 2 aromatic carbocycles. The molecular weight excluding hydrogens is 293 g/mol. The summed E-state index contributed by atoms with van der Waals surface area (Å²) in [6.45, 7) is 1.34. The van der Waals surface area contributed by atoms with E-state index in [1.807, 2.05) is 36.4 Å². The molecule has 1 aliphatic heterocycles. The van der Waals surface area contributed by atoms with Crippen LogP contribution >= 0.6 is 23.2 Å².